The summed E-state index contributed by atoms with van der Waals surface area (Å²) in [6, 6.07) is -0.300. The molecule has 0 heterocycles. The van der Waals surface area contributed by atoms with E-state index in [0.717, 1.165) is 11.5 Å². The van der Waals surface area contributed by atoms with Crippen molar-refractivity contribution in [3.63, 3.8) is 0 Å². The van der Waals surface area contributed by atoms with E-state index in [4.69, 9.17) is 5.11 Å². The molecule has 0 aliphatic carbocycles. The van der Waals surface area contributed by atoms with Crippen molar-refractivity contribution < 1.29 is 14.7 Å². The lowest BCUT2D eigenvalue weighted by molar-refractivity contribution is -0.136. The van der Waals surface area contributed by atoms with E-state index in [0.29, 0.717) is 12.5 Å². The topological polar surface area (TPSA) is 78.4 Å². The molecular weight excluding hydrogens is 228 g/mol. The van der Waals surface area contributed by atoms with Crippen LogP contribution in [0.5, 0.6) is 0 Å². The van der Waals surface area contributed by atoms with Gasteiger partial charge in [0.05, 0.1) is 6.42 Å². The maximum Gasteiger partial charge on any atom is 0.314 e. The number of nitrogens with one attached hydrogen (secondary N) is 2. The number of urea groups is 1. The first kappa shape index (κ1) is 15.1. The van der Waals surface area contributed by atoms with Gasteiger partial charge in [-0.1, -0.05) is 13.8 Å². The van der Waals surface area contributed by atoms with E-state index in [-0.39, 0.29) is 19.0 Å². The zero-order valence-corrected chi connectivity index (χ0v) is 10.6. The molecule has 0 radical (unpaired) electrons. The number of rotatable bonds is 8. The molecule has 0 unspecified atom stereocenters. The van der Waals surface area contributed by atoms with Gasteiger partial charge in [0.15, 0.2) is 0 Å². The number of amides is 2. The van der Waals surface area contributed by atoms with Gasteiger partial charge in [0, 0.05) is 18.8 Å². The molecule has 0 atom stereocenters. The van der Waals surface area contributed by atoms with Crippen LogP contribution < -0.4 is 10.6 Å². The molecule has 0 aliphatic heterocycles. The summed E-state index contributed by atoms with van der Waals surface area (Å²) in [7, 11) is 0. The Balaban J connectivity index is 3.27. The van der Waals surface area contributed by atoms with Crippen molar-refractivity contribution in [2.24, 2.45) is 5.92 Å². The van der Waals surface area contributed by atoms with Crippen molar-refractivity contribution >= 4 is 23.8 Å². The van der Waals surface area contributed by atoms with Gasteiger partial charge in [-0.3, -0.25) is 4.79 Å². The number of carboxylic acid groups (broad SMARTS) is 1. The molecule has 6 heteroatoms. The fraction of sp³-hybridized carbons (Fsp3) is 0.800. The number of thioether (sulfide) groups is 1. The lowest BCUT2D eigenvalue weighted by Gasteiger charge is -2.07. The van der Waals surface area contributed by atoms with Crippen molar-refractivity contribution in [1.29, 1.82) is 0 Å². The monoisotopic (exact) mass is 248 g/mol. The van der Waals surface area contributed by atoms with Crippen LogP contribution in [-0.2, 0) is 4.79 Å². The molecule has 2 amide bonds. The highest BCUT2D eigenvalue weighted by Gasteiger charge is 2.01. The Morgan fingerprint density at radius 3 is 2.44 bits per heavy atom. The molecule has 0 saturated heterocycles. The van der Waals surface area contributed by atoms with Crippen molar-refractivity contribution in [3.8, 4) is 0 Å². The molecule has 0 aromatic carbocycles. The quantitative estimate of drug-likeness (QED) is 0.563. The molecule has 0 bridgehead atoms. The van der Waals surface area contributed by atoms with E-state index >= 15 is 0 Å². The third kappa shape index (κ3) is 11.2. The molecule has 5 nitrogen and oxygen atoms in total. The summed E-state index contributed by atoms with van der Waals surface area (Å²) in [5, 5.41) is 13.5. The fourth-order valence-corrected chi connectivity index (χ4v) is 1.79. The normalized spacial score (nSPS) is 10.2. The zero-order chi connectivity index (χ0) is 12.4. The van der Waals surface area contributed by atoms with E-state index in [9.17, 15) is 9.59 Å². The Morgan fingerprint density at radius 2 is 1.88 bits per heavy atom. The molecule has 0 saturated carbocycles. The van der Waals surface area contributed by atoms with Crippen LogP contribution in [0.1, 0.15) is 20.3 Å². The number of carbonyl (C=O) groups excluding carboxylic acids is 1. The van der Waals surface area contributed by atoms with Crippen LogP contribution in [-0.4, -0.2) is 41.7 Å². The summed E-state index contributed by atoms with van der Waals surface area (Å²) in [6.07, 6.45) is -0.0461. The fourth-order valence-electron chi connectivity index (χ4n) is 0.901. The van der Waals surface area contributed by atoms with Gasteiger partial charge in [0.1, 0.15) is 0 Å². The number of carboxylic acids is 1. The van der Waals surface area contributed by atoms with Gasteiger partial charge in [0.25, 0.3) is 0 Å². The average Bonchev–Trinajstić information content (AvgIpc) is 2.16. The average molecular weight is 248 g/mol. The van der Waals surface area contributed by atoms with Crippen molar-refractivity contribution in [1.82, 2.24) is 10.6 Å². The number of hydrogen-bond acceptors (Lipinski definition) is 3. The van der Waals surface area contributed by atoms with E-state index in [1.807, 2.05) is 0 Å². The minimum Gasteiger partial charge on any atom is -0.481 e. The van der Waals surface area contributed by atoms with Crippen molar-refractivity contribution in [3.05, 3.63) is 0 Å². The van der Waals surface area contributed by atoms with Crippen LogP contribution in [0.2, 0.25) is 0 Å². The maximum absolute atomic E-state index is 11.1. The predicted octanol–water partition coefficient (Wildman–Crippen LogP) is 1.15. The van der Waals surface area contributed by atoms with Crippen LogP contribution in [0, 0.1) is 5.92 Å². The second kappa shape index (κ2) is 9.33. The van der Waals surface area contributed by atoms with Crippen molar-refractivity contribution in [2.75, 3.05) is 24.6 Å². The second-order valence-corrected chi connectivity index (χ2v) is 4.95. The van der Waals surface area contributed by atoms with Crippen LogP contribution in [0.25, 0.3) is 0 Å². The lowest BCUT2D eigenvalue weighted by atomic mass is 10.3. The summed E-state index contributed by atoms with van der Waals surface area (Å²) in [5.74, 6) is 1.72. The largest absolute Gasteiger partial charge is 0.481 e. The van der Waals surface area contributed by atoms with Crippen LogP contribution >= 0.6 is 11.8 Å². The van der Waals surface area contributed by atoms with E-state index in [1.54, 1.807) is 11.8 Å². The molecule has 3 N–H and O–H groups in total. The van der Waals surface area contributed by atoms with Gasteiger partial charge in [-0.2, -0.15) is 11.8 Å². The summed E-state index contributed by atoms with van der Waals surface area (Å²) >= 11 is 1.80. The Labute approximate surface area is 100 Å². The predicted molar refractivity (Wildman–Crippen MR) is 65.8 cm³/mol. The highest BCUT2D eigenvalue weighted by molar-refractivity contribution is 7.99. The first-order valence-electron chi connectivity index (χ1n) is 5.33. The van der Waals surface area contributed by atoms with Gasteiger partial charge < -0.3 is 15.7 Å². The summed E-state index contributed by atoms with van der Waals surface area (Å²) in [6.45, 7) is 5.08. The van der Waals surface area contributed by atoms with Gasteiger partial charge in [-0.05, 0) is 11.7 Å². The SMILES string of the molecule is CC(C)CSCCNC(=O)NCCC(=O)O. The smallest absolute Gasteiger partial charge is 0.314 e. The third-order valence-electron chi connectivity index (χ3n) is 1.61. The van der Waals surface area contributed by atoms with Crippen LogP contribution in [0.3, 0.4) is 0 Å². The number of aliphatic carboxylic acids is 1. The molecule has 16 heavy (non-hydrogen) atoms. The Kier molecular flexibility index (Phi) is 8.80. The first-order valence-corrected chi connectivity index (χ1v) is 6.49. The Hall–Kier alpha value is -0.910. The first-order chi connectivity index (χ1) is 7.52. The molecule has 0 aromatic heterocycles. The second-order valence-electron chi connectivity index (χ2n) is 3.80. The minimum atomic E-state index is -0.909. The highest BCUT2D eigenvalue weighted by Crippen LogP contribution is 2.05. The van der Waals surface area contributed by atoms with E-state index < -0.39 is 5.97 Å². The van der Waals surface area contributed by atoms with E-state index in [1.165, 1.54) is 0 Å². The maximum atomic E-state index is 11.1. The number of hydrogen-bond donors (Lipinski definition) is 3. The molecular formula is C10H20N2O3S. The molecule has 0 aliphatic rings. The summed E-state index contributed by atoms with van der Waals surface area (Å²) < 4.78 is 0. The summed E-state index contributed by atoms with van der Waals surface area (Å²) in [4.78, 5) is 21.3. The van der Waals surface area contributed by atoms with Gasteiger partial charge in [0.2, 0.25) is 0 Å². The summed E-state index contributed by atoms with van der Waals surface area (Å²) in [5.41, 5.74) is 0. The zero-order valence-electron chi connectivity index (χ0n) is 9.78. The molecule has 0 rings (SSSR count). The molecule has 0 aromatic rings. The molecule has 0 spiro atoms. The van der Waals surface area contributed by atoms with Crippen LogP contribution in [0.4, 0.5) is 4.79 Å². The minimum absolute atomic E-state index is 0.0461. The van der Waals surface area contributed by atoms with Gasteiger partial charge in [-0.25, -0.2) is 4.79 Å². The van der Waals surface area contributed by atoms with Crippen LogP contribution in [0.15, 0.2) is 0 Å². The Bertz CT molecular complexity index is 222. The van der Waals surface area contributed by atoms with Crippen molar-refractivity contribution in [2.45, 2.75) is 20.3 Å². The van der Waals surface area contributed by atoms with Gasteiger partial charge in [-0.15, -0.1) is 0 Å². The van der Waals surface area contributed by atoms with E-state index in [2.05, 4.69) is 24.5 Å². The van der Waals surface area contributed by atoms with Gasteiger partial charge >= 0.3 is 12.0 Å². The third-order valence-corrected chi connectivity index (χ3v) is 3.00. The number of carbonyl (C=O) groups is 2. The highest BCUT2D eigenvalue weighted by atomic mass is 32.2. The standard InChI is InChI=1S/C10H20N2O3S/c1-8(2)7-16-6-5-12-10(15)11-4-3-9(13)14/h8H,3-7H2,1-2H3,(H,13,14)(H2,11,12,15). The molecule has 0 fully saturated rings. The lowest BCUT2D eigenvalue weighted by Crippen LogP contribution is -2.37. The molecule has 94 valence electrons. The Morgan fingerprint density at radius 1 is 1.25 bits per heavy atom.